The summed E-state index contributed by atoms with van der Waals surface area (Å²) < 4.78 is 48.5. The number of aliphatic hydroxyl groups is 1. The fourth-order valence-electron chi connectivity index (χ4n) is 4.27. The molecular formula is C26H29FN4O5S. The van der Waals surface area contributed by atoms with Crippen molar-refractivity contribution in [3.63, 3.8) is 0 Å². The molecule has 196 valence electrons. The Morgan fingerprint density at radius 2 is 1.95 bits per heavy atom. The van der Waals surface area contributed by atoms with Gasteiger partial charge in [0.2, 0.25) is 10.0 Å². The summed E-state index contributed by atoms with van der Waals surface area (Å²) in [6, 6.07) is 9.50. The molecule has 0 aliphatic carbocycles. The maximum Gasteiger partial charge on any atom is 0.253 e. The van der Waals surface area contributed by atoms with Crippen molar-refractivity contribution < 1.29 is 27.4 Å². The lowest BCUT2D eigenvalue weighted by Crippen LogP contribution is -2.50. The number of benzene rings is 2. The van der Waals surface area contributed by atoms with Gasteiger partial charge in [0.15, 0.2) is 0 Å². The molecule has 0 bridgehead atoms. The number of carbonyl (C=O) groups excluding carboxylic acids is 1. The molecule has 9 nitrogen and oxygen atoms in total. The molecule has 37 heavy (non-hydrogen) atoms. The number of halogens is 1. The molecule has 11 heteroatoms. The van der Waals surface area contributed by atoms with E-state index in [1.807, 2.05) is 6.92 Å². The van der Waals surface area contributed by atoms with Gasteiger partial charge in [-0.15, -0.1) is 0 Å². The Balaban J connectivity index is 1.74. The smallest absolute Gasteiger partial charge is 0.253 e. The van der Waals surface area contributed by atoms with Crippen molar-refractivity contribution in [1.82, 2.24) is 19.2 Å². The van der Waals surface area contributed by atoms with Crippen molar-refractivity contribution in [2.24, 2.45) is 5.92 Å². The van der Waals surface area contributed by atoms with Gasteiger partial charge in [-0.3, -0.25) is 4.79 Å². The quantitative estimate of drug-likeness (QED) is 0.524. The number of likely N-dealkylation sites (N-methyl/N-ethyl adjacent to an activating group) is 1. The van der Waals surface area contributed by atoms with E-state index in [9.17, 15) is 22.7 Å². The Morgan fingerprint density at radius 1 is 1.22 bits per heavy atom. The highest BCUT2D eigenvalue weighted by atomic mass is 32.2. The molecule has 1 aliphatic heterocycles. The van der Waals surface area contributed by atoms with Crippen molar-refractivity contribution in [3.8, 4) is 16.9 Å². The van der Waals surface area contributed by atoms with Gasteiger partial charge in [0.1, 0.15) is 28.9 Å². The molecular weight excluding hydrogens is 499 g/mol. The van der Waals surface area contributed by atoms with Crippen LogP contribution in [-0.2, 0) is 10.0 Å². The molecule has 0 saturated heterocycles. The summed E-state index contributed by atoms with van der Waals surface area (Å²) in [5.41, 5.74) is 1.54. The van der Waals surface area contributed by atoms with Gasteiger partial charge in [-0.2, -0.15) is 4.31 Å². The van der Waals surface area contributed by atoms with Gasteiger partial charge in [-0.25, -0.2) is 22.8 Å². The zero-order valence-electron chi connectivity index (χ0n) is 20.8. The fourth-order valence-corrected chi connectivity index (χ4v) is 6.09. The number of rotatable bonds is 6. The Hall–Kier alpha value is -3.41. The standard InChI is InChI=1S/C26H29FN4O5S/c1-17-13-31(18(2)15-32)37(34,35)25-8-7-19(21-11-28-16-29-12-21)10-23(25)36-24(17)14-30(3)26(33)20-5-4-6-22(27)9-20/h4-12,16-18,24,32H,13-15H2,1-3H3/t17-,18+,24+/m0/s1. The zero-order chi connectivity index (χ0) is 26.7. The van der Waals surface area contributed by atoms with Gasteiger partial charge in [0.25, 0.3) is 5.91 Å². The van der Waals surface area contributed by atoms with Gasteiger partial charge in [0.05, 0.1) is 13.2 Å². The first kappa shape index (κ1) is 26.6. The lowest BCUT2D eigenvalue weighted by Gasteiger charge is -2.37. The van der Waals surface area contributed by atoms with E-state index in [0.29, 0.717) is 11.1 Å². The first-order valence-electron chi connectivity index (χ1n) is 11.8. The molecule has 2 heterocycles. The number of aliphatic hydroxyl groups excluding tert-OH is 1. The van der Waals surface area contributed by atoms with Crippen LogP contribution in [-0.4, -0.2) is 77.5 Å². The minimum Gasteiger partial charge on any atom is -0.487 e. The summed E-state index contributed by atoms with van der Waals surface area (Å²) >= 11 is 0. The first-order chi connectivity index (χ1) is 17.6. The summed E-state index contributed by atoms with van der Waals surface area (Å²) in [7, 11) is -2.42. The van der Waals surface area contributed by atoms with E-state index in [-0.39, 0.29) is 47.7 Å². The molecule has 0 spiro atoms. The summed E-state index contributed by atoms with van der Waals surface area (Å²) in [5.74, 6) is -1.14. The van der Waals surface area contributed by atoms with Crippen LogP contribution in [0.1, 0.15) is 24.2 Å². The summed E-state index contributed by atoms with van der Waals surface area (Å²) in [4.78, 5) is 22.4. The normalized spacial score (nSPS) is 20.1. The van der Waals surface area contributed by atoms with E-state index in [2.05, 4.69) is 9.97 Å². The molecule has 0 saturated carbocycles. The fraction of sp³-hybridized carbons (Fsp3) is 0.346. The molecule has 1 aliphatic rings. The number of ether oxygens (including phenoxy) is 1. The average molecular weight is 529 g/mol. The highest BCUT2D eigenvalue weighted by molar-refractivity contribution is 7.89. The van der Waals surface area contributed by atoms with Gasteiger partial charge in [0, 0.05) is 49.1 Å². The third-order valence-electron chi connectivity index (χ3n) is 6.43. The van der Waals surface area contributed by atoms with E-state index in [1.165, 1.54) is 45.9 Å². The van der Waals surface area contributed by atoms with Crippen molar-refractivity contribution in [1.29, 1.82) is 0 Å². The van der Waals surface area contributed by atoms with Gasteiger partial charge in [-0.05, 0) is 42.8 Å². The number of sulfonamides is 1. The predicted molar refractivity (Wildman–Crippen MR) is 135 cm³/mol. The number of carbonyl (C=O) groups is 1. The lowest BCUT2D eigenvalue weighted by atomic mass is 10.0. The average Bonchev–Trinajstić information content (AvgIpc) is 2.90. The number of fused-ring (bicyclic) bond motifs is 1. The molecule has 1 N–H and O–H groups in total. The van der Waals surface area contributed by atoms with Gasteiger partial charge in [-0.1, -0.05) is 19.1 Å². The number of amides is 1. The van der Waals surface area contributed by atoms with E-state index >= 15 is 0 Å². The van der Waals surface area contributed by atoms with Crippen LogP contribution in [0.2, 0.25) is 0 Å². The third kappa shape index (κ3) is 5.63. The van der Waals surface area contributed by atoms with Gasteiger partial charge >= 0.3 is 0 Å². The number of hydrogen-bond acceptors (Lipinski definition) is 7. The van der Waals surface area contributed by atoms with Crippen LogP contribution in [0, 0.1) is 11.7 Å². The maximum atomic E-state index is 13.7. The maximum absolute atomic E-state index is 13.7. The molecule has 0 fully saturated rings. The Kier molecular flexibility index (Phi) is 7.86. The second-order valence-electron chi connectivity index (χ2n) is 9.22. The Morgan fingerprint density at radius 3 is 2.62 bits per heavy atom. The molecule has 3 atom stereocenters. The molecule has 0 radical (unpaired) electrons. The van der Waals surface area contributed by atoms with E-state index in [0.717, 1.165) is 0 Å². The van der Waals surface area contributed by atoms with Crippen LogP contribution >= 0.6 is 0 Å². The minimum absolute atomic E-state index is 0.0376. The number of nitrogens with zero attached hydrogens (tertiary/aromatic N) is 4. The summed E-state index contributed by atoms with van der Waals surface area (Å²) in [6.45, 7) is 3.30. The van der Waals surface area contributed by atoms with Crippen LogP contribution < -0.4 is 4.74 Å². The van der Waals surface area contributed by atoms with Crippen LogP contribution in [0.4, 0.5) is 4.39 Å². The van der Waals surface area contributed by atoms with Crippen molar-refractivity contribution in [2.75, 3.05) is 26.7 Å². The second-order valence-corrected chi connectivity index (χ2v) is 11.1. The van der Waals surface area contributed by atoms with Crippen LogP contribution in [0.15, 0.2) is 66.1 Å². The van der Waals surface area contributed by atoms with E-state index in [4.69, 9.17) is 4.74 Å². The molecule has 2 aromatic carbocycles. The molecule has 1 amide bonds. The molecule has 0 unspecified atom stereocenters. The van der Waals surface area contributed by atoms with Crippen LogP contribution in [0.25, 0.3) is 11.1 Å². The number of aromatic nitrogens is 2. The largest absolute Gasteiger partial charge is 0.487 e. The van der Waals surface area contributed by atoms with Crippen molar-refractivity contribution >= 4 is 15.9 Å². The lowest BCUT2D eigenvalue weighted by molar-refractivity contribution is 0.0563. The Labute approximate surface area is 215 Å². The van der Waals surface area contributed by atoms with E-state index in [1.54, 1.807) is 38.5 Å². The minimum atomic E-state index is -4.01. The first-order valence-corrected chi connectivity index (χ1v) is 13.3. The SMILES string of the molecule is C[C@H](CO)N1C[C@H](C)[C@@H](CN(C)C(=O)c2cccc(F)c2)Oc2cc(-c3cncnc3)ccc2S1(=O)=O. The predicted octanol–water partition coefficient (Wildman–Crippen LogP) is 2.82. The highest BCUT2D eigenvalue weighted by Gasteiger charge is 2.38. The molecule has 4 rings (SSSR count). The van der Waals surface area contributed by atoms with Crippen LogP contribution in [0.3, 0.4) is 0 Å². The monoisotopic (exact) mass is 528 g/mol. The Bertz CT molecular complexity index is 1370. The van der Waals surface area contributed by atoms with Crippen molar-refractivity contribution in [3.05, 3.63) is 72.6 Å². The summed E-state index contributed by atoms with van der Waals surface area (Å²) in [6.07, 6.45) is 4.01. The summed E-state index contributed by atoms with van der Waals surface area (Å²) in [5, 5.41) is 9.81. The number of hydrogen-bond donors (Lipinski definition) is 1. The topological polar surface area (TPSA) is 113 Å². The van der Waals surface area contributed by atoms with Gasteiger partial charge < -0.3 is 14.7 Å². The molecule has 1 aromatic heterocycles. The third-order valence-corrected chi connectivity index (χ3v) is 8.45. The van der Waals surface area contributed by atoms with Crippen LogP contribution in [0.5, 0.6) is 5.75 Å². The zero-order valence-corrected chi connectivity index (χ0v) is 21.6. The van der Waals surface area contributed by atoms with E-state index < -0.39 is 28.0 Å². The second kappa shape index (κ2) is 10.9. The van der Waals surface area contributed by atoms with Crippen molar-refractivity contribution in [2.45, 2.75) is 30.9 Å². The molecule has 3 aromatic rings. The highest BCUT2D eigenvalue weighted by Crippen LogP contribution is 2.36.